The number of nitriles is 1. The van der Waals surface area contributed by atoms with E-state index in [2.05, 4.69) is 11.1 Å². The number of hydrogen-bond acceptors (Lipinski definition) is 6. The van der Waals surface area contributed by atoms with Crippen molar-refractivity contribution < 1.29 is 9.66 Å². The Morgan fingerprint density at radius 2 is 2.00 bits per heavy atom. The minimum Gasteiger partial charge on any atom is -0.496 e. The average Bonchev–Trinajstić information content (AvgIpc) is 3.16. The van der Waals surface area contributed by atoms with Crippen LogP contribution in [-0.4, -0.2) is 17.0 Å². The van der Waals surface area contributed by atoms with Gasteiger partial charge in [-0.1, -0.05) is 18.2 Å². The first kappa shape index (κ1) is 17.3. The number of rotatable bonds is 5. The lowest BCUT2D eigenvalue weighted by atomic mass is 10.1. The van der Waals surface area contributed by atoms with E-state index in [0.29, 0.717) is 22.0 Å². The minimum atomic E-state index is -0.444. The number of aromatic nitrogens is 1. The topological polar surface area (TPSA) is 89.0 Å². The summed E-state index contributed by atoms with van der Waals surface area (Å²) in [5, 5.41) is 22.7. The van der Waals surface area contributed by atoms with Gasteiger partial charge in [-0.25, -0.2) is 4.98 Å². The quantitative estimate of drug-likeness (QED) is 0.369. The van der Waals surface area contributed by atoms with E-state index in [-0.39, 0.29) is 5.69 Å². The van der Waals surface area contributed by atoms with E-state index in [1.807, 2.05) is 29.6 Å². The van der Waals surface area contributed by atoms with Crippen LogP contribution in [0.3, 0.4) is 0 Å². The van der Waals surface area contributed by atoms with Crippen LogP contribution in [0.5, 0.6) is 5.75 Å². The monoisotopic (exact) mass is 363 g/mol. The van der Waals surface area contributed by atoms with Crippen LogP contribution in [0.25, 0.3) is 22.9 Å². The van der Waals surface area contributed by atoms with Crippen molar-refractivity contribution in [3.05, 3.63) is 74.6 Å². The molecule has 0 atom stereocenters. The van der Waals surface area contributed by atoms with Gasteiger partial charge in [-0.05, 0) is 24.3 Å². The van der Waals surface area contributed by atoms with Gasteiger partial charge in [-0.2, -0.15) is 5.26 Å². The van der Waals surface area contributed by atoms with Gasteiger partial charge in [-0.3, -0.25) is 10.1 Å². The Labute approximate surface area is 153 Å². The summed E-state index contributed by atoms with van der Waals surface area (Å²) in [7, 11) is 1.58. The van der Waals surface area contributed by atoms with Crippen LogP contribution in [0.15, 0.2) is 53.9 Å². The van der Waals surface area contributed by atoms with Gasteiger partial charge >= 0.3 is 0 Å². The van der Waals surface area contributed by atoms with Crippen LogP contribution in [0.1, 0.15) is 10.6 Å². The van der Waals surface area contributed by atoms with Crippen LogP contribution < -0.4 is 4.74 Å². The van der Waals surface area contributed by atoms with E-state index in [1.54, 1.807) is 25.3 Å². The molecular weight excluding hydrogens is 350 g/mol. The number of non-ortho nitro benzene ring substituents is 1. The molecule has 0 N–H and O–H groups in total. The van der Waals surface area contributed by atoms with Crippen LogP contribution in [0.2, 0.25) is 0 Å². The van der Waals surface area contributed by atoms with Crippen molar-refractivity contribution in [3.8, 4) is 23.1 Å². The van der Waals surface area contributed by atoms with Crippen molar-refractivity contribution >= 4 is 28.7 Å². The first-order valence-corrected chi connectivity index (χ1v) is 8.46. The molecule has 0 saturated heterocycles. The SMILES string of the molecule is COc1ccccc1C=C(C#N)c1nc(-c2ccc([N+](=O)[O-])cc2)cs1. The Hall–Kier alpha value is -3.50. The molecule has 0 aliphatic rings. The van der Waals surface area contributed by atoms with Crippen LogP contribution >= 0.6 is 11.3 Å². The normalized spacial score (nSPS) is 11.0. The Balaban J connectivity index is 1.93. The van der Waals surface area contributed by atoms with Crippen molar-refractivity contribution in [3.63, 3.8) is 0 Å². The van der Waals surface area contributed by atoms with Crippen LogP contribution in [0.4, 0.5) is 5.69 Å². The second-order valence-corrected chi connectivity index (χ2v) is 6.11. The molecule has 0 spiro atoms. The number of allylic oxidation sites excluding steroid dienone is 1. The largest absolute Gasteiger partial charge is 0.496 e. The summed E-state index contributed by atoms with van der Waals surface area (Å²) in [6.45, 7) is 0. The van der Waals surface area contributed by atoms with Gasteiger partial charge in [0.15, 0.2) is 0 Å². The maximum atomic E-state index is 10.7. The van der Waals surface area contributed by atoms with E-state index >= 15 is 0 Å². The molecule has 0 aliphatic carbocycles. The van der Waals surface area contributed by atoms with Gasteiger partial charge in [-0.15, -0.1) is 11.3 Å². The Bertz CT molecular complexity index is 1020. The fourth-order valence-electron chi connectivity index (χ4n) is 2.37. The minimum absolute atomic E-state index is 0.0259. The Kier molecular flexibility index (Phi) is 5.06. The van der Waals surface area contributed by atoms with Crippen molar-refractivity contribution in [2.75, 3.05) is 7.11 Å². The third-order valence-electron chi connectivity index (χ3n) is 3.67. The highest BCUT2D eigenvalue weighted by molar-refractivity contribution is 7.11. The third kappa shape index (κ3) is 3.61. The first-order chi connectivity index (χ1) is 12.6. The highest BCUT2D eigenvalue weighted by Gasteiger charge is 2.12. The molecule has 0 radical (unpaired) electrons. The summed E-state index contributed by atoms with van der Waals surface area (Å²) in [5.41, 5.74) is 2.66. The fraction of sp³-hybridized carbons (Fsp3) is 0.0526. The number of nitrogens with zero attached hydrogens (tertiary/aromatic N) is 3. The van der Waals surface area contributed by atoms with E-state index in [4.69, 9.17) is 4.74 Å². The maximum absolute atomic E-state index is 10.7. The lowest BCUT2D eigenvalue weighted by molar-refractivity contribution is -0.384. The molecule has 0 saturated carbocycles. The first-order valence-electron chi connectivity index (χ1n) is 7.58. The van der Waals surface area contributed by atoms with Crippen LogP contribution in [0, 0.1) is 21.4 Å². The molecule has 3 rings (SSSR count). The van der Waals surface area contributed by atoms with Crippen LogP contribution in [-0.2, 0) is 0 Å². The van der Waals surface area contributed by atoms with Gasteiger partial charge in [0.25, 0.3) is 5.69 Å². The summed E-state index contributed by atoms with van der Waals surface area (Å²) in [4.78, 5) is 14.8. The second-order valence-electron chi connectivity index (χ2n) is 5.25. The number of para-hydroxylation sites is 1. The predicted octanol–water partition coefficient (Wildman–Crippen LogP) is 4.79. The number of nitro groups is 1. The summed E-state index contributed by atoms with van der Waals surface area (Å²) < 4.78 is 5.31. The number of methoxy groups -OCH3 is 1. The van der Waals surface area contributed by atoms with E-state index in [9.17, 15) is 15.4 Å². The van der Waals surface area contributed by atoms with E-state index < -0.39 is 4.92 Å². The molecule has 1 heterocycles. The summed E-state index contributed by atoms with van der Waals surface area (Å²) in [5.74, 6) is 0.674. The lowest BCUT2D eigenvalue weighted by Gasteiger charge is -2.04. The summed E-state index contributed by atoms with van der Waals surface area (Å²) in [6.07, 6.45) is 1.73. The number of benzene rings is 2. The Morgan fingerprint density at radius 3 is 2.65 bits per heavy atom. The Morgan fingerprint density at radius 1 is 1.27 bits per heavy atom. The average molecular weight is 363 g/mol. The number of nitro benzene ring substituents is 1. The zero-order valence-electron chi connectivity index (χ0n) is 13.7. The molecule has 0 fully saturated rings. The van der Waals surface area contributed by atoms with Crippen molar-refractivity contribution in [2.45, 2.75) is 0 Å². The molecule has 7 heteroatoms. The molecule has 2 aromatic carbocycles. The third-order valence-corrected chi connectivity index (χ3v) is 4.54. The number of ether oxygens (including phenoxy) is 1. The molecule has 0 aliphatic heterocycles. The zero-order valence-corrected chi connectivity index (χ0v) is 14.6. The highest BCUT2D eigenvalue weighted by atomic mass is 32.1. The van der Waals surface area contributed by atoms with Gasteiger partial charge in [0.05, 0.1) is 23.3 Å². The van der Waals surface area contributed by atoms with Gasteiger partial charge in [0, 0.05) is 28.6 Å². The maximum Gasteiger partial charge on any atom is 0.269 e. The van der Waals surface area contributed by atoms with Gasteiger partial charge in [0.2, 0.25) is 0 Å². The molecular formula is C19H13N3O3S. The van der Waals surface area contributed by atoms with Gasteiger partial charge < -0.3 is 4.74 Å². The molecule has 0 amide bonds. The molecule has 1 aromatic heterocycles. The van der Waals surface area contributed by atoms with Gasteiger partial charge in [0.1, 0.15) is 16.8 Å². The highest BCUT2D eigenvalue weighted by Crippen LogP contribution is 2.29. The molecule has 26 heavy (non-hydrogen) atoms. The fourth-order valence-corrected chi connectivity index (χ4v) is 3.16. The standard InChI is InChI=1S/C19H13N3O3S/c1-25-18-5-3-2-4-14(18)10-15(11-20)19-21-17(12-26-19)13-6-8-16(9-7-13)22(23)24/h2-10,12H,1H3. The second kappa shape index (κ2) is 7.59. The summed E-state index contributed by atoms with van der Waals surface area (Å²) >= 11 is 1.34. The number of hydrogen-bond donors (Lipinski definition) is 0. The molecule has 128 valence electrons. The van der Waals surface area contributed by atoms with Crippen molar-refractivity contribution in [1.29, 1.82) is 5.26 Å². The molecule has 0 unspecified atom stereocenters. The number of thiazole rings is 1. The summed E-state index contributed by atoms with van der Waals surface area (Å²) in [6, 6.07) is 15.7. The smallest absolute Gasteiger partial charge is 0.269 e. The molecule has 0 bridgehead atoms. The molecule has 3 aromatic rings. The predicted molar refractivity (Wildman–Crippen MR) is 101 cm³/mol. The van der Waals surface area contributed by atoms with E-state index in [0.717, 1.165) is 11.1 Å². The zero-order chi connectivity index (χ0) is 18.5. The van der Waals surface area contributed by atoms with Crippen molar-refractivity contribution in [1.82, 2.24) is 4.98 Å². The van der Waals surface area contributed by atoms with Crippen molar-refractivity contribution in [2.24, 2.45) is 0 Å². The lowest BCUT2D eigenvalue weighted by Crippen LogP contribution is -1.88. The molecule has 6 nitrogen and oxygen atoms in total. The van der Waals surface area contributed by atoms with E-state index in [1.165, 1.54) is 23.5 Å².